The zero-order chi connectivity index (χ0) is 14.7. The first kappa shape index (κ1) is 14.8. The van der Waals surface area contributed by atoms with Gasteiger partial charge in [0.2, 0.25) is 0 Å². The normalized spacial score (nSPS) is 10.8. The van der Waals surface area contributed by atoms with Gasteiger partial charge in [-0.25, -0.2) is 9.07 Å². The first-order valence-corrected chi connectivity index (χ1v) is 6.73. The molecule has 0 amide bonds. The molecule has 2 aromatic rings. The summed E-state index contributed by atoms with van der Waals surface area (Å²) in [4.78, 5) is 0. The number of aryl methyl sites for hydroxylation is 1. The van der Waals surface area contributed by atoms with Gasteiger partial charge >= 0.3 is 0 Å². The summed E-state index contributed by atoms with van der Waals surface area (Å²) < 4.78 is 14.8. The number of halogens is 2. The van der Waals surface area contributed by atoms with Gasteiger partial charge in [-0.05, 0) is 31.5 Å². The van der Waals surface area contributed by atoms with Gasteiger partial charge < -0.3 is 10.4 Å². The second kappa shape index (κ2) is 6.24. The molecule has 0 spiro atoms. The number of benzene rings is 1. The van der Waals surface area contributed by atoms with Crippen molar-refractivity contribution in [2.24, 2.45) is 0 Å². The van der Waals surface area contributed by atoms with Crippen LogP contribution in [0.5, 0.6) is 0 Å². The number of hydrogen-bond acceptors (Lipinski definition) is 3. The van der Waals surface area contributed by atoms with E-state index < -0.39 is 5.82 Å². The molecule has 1 aromatic heterocycles. The summed E-state index contributed by atoms with van der Waals surface area (Å²) in [5.74, 6) is 0.435. The van der Waals surface area contributed by atoms with Crippen LogP contribution < -0.4 is 5.32 Å². The maximum absolute atomic E-state index is 13.1. The van der Waals surface area contributed by atoms with Crippen molar-refractivity contribution in [1.29, 1.82) is 0 Å². The van der Waals surface area contributed by atoms with Crippen LogP contribution in [0.3, 0.4) is 0 Å². The Labute approximate surface area is 122 Å². The fourth-order valence-corrected chi connectivity index (χ4v) is 2.19. The number of anilines is 1. The number of nitrogens with one attached hydrogen (secondary N) is 1. The maximum atomic E-state index is 13.1. The molecular formula is C14H17ClFN3O. The van der Waals surface area contributed by atoms with E-state index in [2.05, 4.69) is 10.4 Å². The summed E-state index contributed by atoms with van der Waals surface area (Å²) in [5, 5.41) is 16.8. The van der Waals surface area contributed by atoms with Gasteiger partial charge in [0.25, 0.3) is 0 Å². The van der Waals surface area contributed by atoms with E-state index in [1.54, 1.807) is 16.8 Å². The predicted molar refractivity (Wildman–Crippen MR) is 77.5 cm³/mol. The van der Waals surface area contributed by atoms with Gasteiger partial charge in [-0.3, -0.25) is 0 Å². The predicted octanol–water partition coefficient (Wildman–Crippen LogP) is 2.90. The maximum Gasteiger partial charge on any atom is 0.141 e. The van der Waals surface area contributed by atoms with Gasteiger partial charge in [0.15, 0.2) is 0 Å². The van der Waals surface area contributed by atoms with Crippen molar-refractivity contribution in [2.45, 2.75) is 26.9 Å². The van der Waals surface area contributed by atoms with E-state index in [1.165, 1.54) is 6.07 Å². The van der Waals surface area contributed by atoms with E-state index in [1.807, 2.05) is 13.8 Å². The largest absolute Gasteiger partial charge is 0.394 e. The van der Waals surface area contributed by atoms with Crippen LogP contribution >= 0.6 is 11.6 Å². The average Bonchev–Trinajstić information content (AvgIpc) is 2.67. The smallest absolute Gasteiger partial charge is 0.141 e. The highest BCUT2D eigenvalue weighted by Crippen LogP contribution is 2.21. The first-order valence-electron chi connectivity index (χ1n) is 6.35. The lowest BCUT2D eigenvalue weighted by molar-refractivity contribution is 0.270. The molecule has 108 valence electrons. The Kier molecular flexibility index (Phi) is 4.62. The zero-order valence-corrected chi connectivity index (χ0v) is 12.2. The van der Waals surface area contributed by atoms with E-state index in [9.17, 15) is 4.39 Å². The van der Waals surface area contributed by atoms with Crippen LogP contribution in [0.25, 0.3) is 0 Å². The van der Waals surface area contributed by atoms with Gasteiger partial charge in [0.05, 0.1) is 23.9 Å². The van der Waals surface area contributed by atoms with Crippen molar-refractivity contribution in [3.63, 3.8) is 0 Å². The molecule has 4 nitrogen and oxygen atoms in total. The number of rotatable bonds is 5. The van der Waals surface area contributed by atoms with Crippen molar-refractivity contribution in [3.8, 4) is 0 Å². The molecule has 0 unspecified atom stereocenters. The number of hydrogen-bond donors (Lipinski definition) is 2. The van der Waals surface area contributed by atoms with Crippen LogP contribution in [0.4, 0.5) is 10.2 Å². The third-order valence-corrected chi connectivity index (χ3v) is 3.47. The molecule has 20 heavy (non-hydrogen) atoms. The molecule has 1 aromatic carbocycles. The van der Waals surface area contributed by atoms with Gasteiger partial charge in [-0.15, -0.1) is 0 Å². The van der Waals surface area contributed by atoms with Crippen LogP contribution in [0.1, 0.15) is 16.8 Å². The van der Waals surface area contributed by atoms with Crippen molar-refractivity contribution in [1.82, 2.24) is 9.78 Å². The minimum Gasteiger partial charge on any atom is -0.394 e. The highest BCUT2D eigenvalue weighted by Gasteiger charge is 2.11. The van der Waals surface area contributed by atoms with E-state index >= 15 is 0 Å². The quantitative estimate of drug-likeness (QED) is 0.892. The molecular weight excluding hydrogens is 281 g/mol. The molecule has 1 heterocycles. The Morgan fingerprint density at radius 1 is 1.40 bits per heavy atom. The van der Waals surface area contributed by atoms with Crippen molar-refractivity contribution < 1.29 is 9.50 Å². The Morgan fingerprint density at radius 3 is 2.80 bits per heavy atom. The molecule has 2 N–H and O–H groups in total. The minimum absolute atomic E-state index is 0.0254. The topological polar surface area (TPSA) is 50.1 Å². The average molecular weight is 298 g/mol. The molecule has 6 heteroatoms. The van der Waals surface area contributed by atoms with Crippen LogP contribution in [-0.4, -0.2) is 21.5 Å². The number of nitrogens with zero attached hydrogens (tertiary/aromatic N) is 2. The fourth-order valence-electron chi connectivity index (χ4n) is 1.99. The summed E-state index contributed by atoms with van der Waals surface area (Å²) >= 11 is 5.76. The van der Waals surface area contributed by atoms with Gasteiger partial charge in [0.1, 0.15) is 11.6 Å². The summed E-state index contributed by atoms with van der Waals surface area (Å²) in [6, 6.07) is 4.63. The van der Waals surface area contributed by atoms with Crippen molar-refractivity contribution >= 4 is 17.4 Å². The van der Waals surface area contributed by atoms with Gasteiger partial charge in [0, 0.05) is 12.1 Å². The third kappa shape index (κ3) is 3.11. The summed E-state index contributed by atoms with van der Waals surface area (Å²) in [6.45, 7) is 4.86. The Balaban J connectivity index is 2.15. The highest BCUT2D eigenvalue weighted by atomic mass is 35.5. The van der Waals surface area contributed by atoms with E-state index in [0.717, 1.165) is 22.6 Å². The van der Waals surface area contributed by atoms with E-state index in [-0.39, 0.29) is 11.6 Å². The highest BCUT2D eigenvalue weighted by molar-refractivity contribution is 6.30. The number of aliphatic hydroxyl groups excluding tert-OH is 1. The SMILES string of the molecule is Cc1nn(CCO)c(NCc2ccc(F)c(Cl)c2)c1C. The molecule has 2 rings (SSSR count). The number of aromatic nitrogens is 2. The fraction of sp³-hybridized carbons (Fsp3) is 0.357. The molecule has 0 atom stereocenters. The lowest BCUT2D eigenvalue weighted by Crippen LogP contribution is -2.11. The van der Waals surface area contributed by atoms with E-state index in [0.29, 0.717) is 13.1 Å². The monoisotopic (exact) mass is 297 g/mol. The van der Waals surface area contributed by atoms with Crippen LogP contribution in [0.2, 0.25) is 5.02 Å². The summed E-state index contributed by atoms with van der Waals surface area (Å²) in [5.41, 5.74) is 2.83. The summed E-state index contributed by atoms with van der Waals surface area (Å²) in [7, 11) is 0. The molecule has 0 radical (unpaired) electrons. The molecule has 0 fully saturated rings. The van der Waals surface area contributed by atoms with Crippen LogP contribution in [0.15, 0.2) is 18.2 Å². The van der Waals surface area contributed by atoms with Crippen molar-refractivity contribution in [3.05, 3.63) is 45.9 Å². The molecule has 0 saturated heterocycles. The standard InChI is InChI=1S/C14H17ClFN3O/c1-9-10(2)18-19(5-6-20)14(9)17-8-11-3-4-13(16)12(15)7-11/h3-4,7,17,20H,5-6,8H2,1-2H3. The Bertz CT molecular complexity index is 613. The molecule has 0 aliphatic rings. The number of aliphatic hydroxyl groups is 1. The lowest BCUT2D eigenvalue weighted by atomic mass is 10.2. The molecule has 0 bridgehead atoms. The van der Waals surface area contributed by atoms with Crippen LogP contribution in [-0.2, 0) is 13.1 Å². The van der Waals surface area contributed by atoms with E-state index in [4.69, 9.17) is 16.7 Å². The second-order valence-corrected chi connectivity index (χ2v) is 5.01. The Morgan fingerprint density at radius 2 is 2.15 bits per heavy atom. The second-order valence-electron chi connectivity index (χ2n) is 4.61. The molecule has 0 aliphatic heterocycles. The minimum atomic E-state index is -0.423. The molecule has 0 aliphatic carbocycles. The summed E-state index contributed by atoms with van der Waals surface area (Å²) in [6.07, 6.45) is 0. The van der Waals surface area contributed by atoms with Gasteiger partial charge in [-0.2, -0.15) is 5.10 Å². The molecule has 0 saturated carbocycles. The van der Waals surface area contributed by atoms with Crippen LogP contribution in [0, 0.1) is 19.7 Å². The first-order chi connectivity index (χ1) is 9.52. The zero-order valence-electron chi connectivity index (χ0n) is 11.5. The van der Waals surface area contributed by atoms with Gasteiger partial charge in [-0.1, -0.05) is 17.7 Å². The lowest BCUT2D eigenvalue weighted by Gasteiger charge is -2.10. The Hall–Kier alpha value is -1.59. The third-order valence-electron chi connectivity index (χ3n) is 3.18. The van der Waals surface area contributed by atoms with Crippen molar-refractivity contribution in [2.75, 3.05) is 11.9 Å².